The van der Waals surface area contributed by atoms with Crippen molar-refractivity contribution in [2.24, 2.45) is 0 Å². The predicted octanol–water partition coefficient (Wildman–Crippen LogP) is 1.17. The van der Waals surface area contributed by atoms with Gasteiger partial charge < -0.3 is 0 Å². The van der Waals surface area contributed by atoms with Crippen LogP contribution in [0.3, 0.4) is 0 Å². The SMILES string of the molecule is [Al][N]([Al])I(c1ccc2c3ccccc3[n]([Al])c2c1)[N]([Al])[Al]. The number of rotatable bonds is 3. The van der Waals surface area contributed by atoms with Gasteiger partial charge in [-0.25, -0.2) is 0 Å². The first-order chi connectivity index (χ1) is 10.0. The molecule has 0 bridgehead atoms. The van der Waals surface area contributed by atoms with Crippen LogP contribution in [0.25, 0.3) is 21.8 Å². The first-order valence-electron chi connectivity index (χ1n) is 6.08. The molecular formula is C12H7Al5IN3. The molecule has 9 heteroatoms. The summed E-state index contributed by atoms with van der Waals surface area (Å²) < 4.78 is 7.95. The second-order valence-corrected chi connectivity index (χ2v) is 17.5. The number of nitrogens with zero attached hydrogens (tertiary/aromatic N) is 3. The Morgan fingerprint density at radius 1 is 0.810 bits per heavy atom. The average molecular weight is 455 g/mol. The Balaban J connectivity index is 2.25. The van der Waals surface area contributed by atoms with Crippen molar-refractivity contribution in [1.82, 2.24) is 5.71 Å². The minimum atomic E-state index is -1.61. The molecule has 3 rings (SSSR count). The Morgan fingerprint density at radius 2 is 1.43 bits per heavy atom. The fourth-order valence-corrected chi connectivity index (χ4v) is 14.2. The van der Waals surface area contributed by atoms with Gasteiger partial charge in [0.05, 0.1) is 0 Å². The number of halogens is 1. The normalized spacial score (nSPS) is 12.6. The first kappa shape index (κ1) is 17.4. The fourth-order valence-electron chi connectivity index (χ4n) is 2.40. The third-order valence-electron chi connectivity index (χ3n) is 3.24. The van der Waals surface area contributed by atoms with Crippen LogP contribution in [0.1, 0.15) is 0 Å². The van der Waals surface area contributed by atoms with E-state index in [-0.39, 0.29) is 0 Å². The molecule has 0 fully saturated rings. The molecule has 21 heavy (non-hydrogen) atoms. The van der Waals surface area contributed by atoms with Gasteiger partial charge in [0, 0.05) is 0 Å². The summed E-state index contributed by atoms with van der Waals surface area (Å²) in [5, 5.41) is 2.61. The van der Waals surface area contributed by atoms with E-state index in [4.69, 9.17) is 0 Å². The molecule has 0 aliphatic rings. The van der Waals surface area contributed by atoms with Gasteiger partial charge in [0.25, 0.3) is 0 Å². The average Bonchev–Trinajstić information content (AvgIpc) is 2.72. The van der Waals surface area contributed by atoms with E-state index in [9.17, 15) is 0 Å². The van der Waals surface area contributed by atoms with E-state index in [0.29, 0.717) is 0 Å². The number of fused-ring (bicyclic) bond motifs is 3. The summed E-state index contributed by atoms with van der Waals surface area (Å²) in [6, 6.07) is 15.3. The molecule has 92 valence electrons. The maximum atomic E-state index is 2.83. The van der Waals surface area contributed by atoms with Gasteiger partial charge in [-0.1, -0.05) is 0 Å². The Kier molecular flexibility index (Phi) is 5.96. The second kappa shape index (κ2) is 7.20. The summed E-state index contributed by atoms with van der Waals surface area (Å²) in [7, 11) is 0. The monoisotopic (exact) mass is 455 g/mol. The van der Waals surface area contributed by atoms with Crippen molar-refractivity contribution in [3.63, 3.8) is 0 Å². The van der Waals surface area contributed by atoms with Crippen molar-refractivity contribution in [3.05, 3.63) is 46.0 Å². The molecule has 0 aliphatic carbocycles. The molecule has 3 nitrogen and oxygen atoms in total. The molecule has 1 aromatic heterocycles. The quantitative estimate of drug-likeness (QED) is 0.334. The van der Waals surface area contributed by atoms with Crippen molar-refractivity contribution < 1.29 is 0 Å². The molecule has 2 aromatic carbocycles. The Morgan fingerprint density at radius 3 is 2.10 bits per heavy atom. The third kappa shape index (κ3) is 3.36. The zero-order valence-electron chi connectivity index (χ0n) is 11.1. The Labute approximate surface area is 174 Å². The molecule has 0 N–H and O–H groups in total. The number of hydrogen-bond donors (Lipinski definition) is 0. The summed E-state index contributed by atoms with van der Waals surface area (Å²) in [5.74, 6) is 0. The Hall–Kier alpha value is 1.55. The van der Waals surface area contributed by atoms with Crippen molar-refractivity contribution >= 4 is 125 Å². The van der Waals surface area contributed by atoms with Crippen LogP contribution >= 0.6 is 20.4 Å². The maximum absolute atomic E-state index is 2.83. The van der Waals surface area contributed by atoms with Gasteiger partial charge >= 0.3 is 176 Å². The van der Waals surface area contributed by atoms with Crippen LogP contribution in [0, 0.1) is 3.57 Å². The standard InChI is InChI=1S/C12H7IN3.5Al/c14-13(15)8-5-6-10-9-3-1-2-4-11(9)16-12(10)7-8;;;;;/h1-7H;;;;;/q-1;;;;;+1. The molecule has 0 saturated carbocycles. The van der Waals surface area contributed by atoms with Crippen LogP contribution in [0.2, 0.25) is 0 Å². The van der Waals surface area contributed by atoms with Crippen molar-refractivity contribution in [1.29, 1.82) is 0 Å². The molecule has 0 saturated heterocycles. The van der Waals surface area contributed by atoms with Gasteiger partial charge in [-0.3, -0.25) is 0 Å². The van der Waals surface area contributed by atoms with Crippen LogP contribution < -0.4 is 0 Å². The topological polar surface area (TPSA) is 11.4 Å². The second-order valence-electron chi connectivity index (χ2n) is 4.48. The van der Waals surface area contributed by atoms with Gasteiger partial charge in [-0.15, -0.1) is 0 Å². The number of aromatic nitrogens is 1. The van der Waals surface area contributed by atoms with Crippen LogP contribution in [-0.4, -0.2) is 88.3 Å². The van der Waals surface area contributed by atoms with E-state index in [1.54, 1.807) is 0 Å². The molecule has 10 radical (unpaired) electrons. The van der Waals surface area contributed by atoms with Crippen molar-refractivity contribution in [2.45, 2.75) is 0 Å². The molecule has 0 unspecified atom stereocenters. The molecular weight excluding hydrogens is 448 g/mol. The summed E-state index contributed by atoms with van der Waals surface area (Å²) in [4.78, 5) is 0. The van der Waals surface area contributed by atoms with E-state index in [2.05, 4.69) is 131 Å². The third-order valence-corrected chi connectivity index (χ3v) is 12.7. The van der Waals surface area contributed by atoms with Gasteiger partial charge in [0.15, 0.2) is 0 Å². The van der Waals surface area contributed by atoms with Crippen LogP contribution in [0.15, 0.2) is 42.5 Å². The zero-order chi connectivity index (χ0) is 15.1. The number of para-hydroxylation sites is 1. The van der Waals surface area contributed by atoms with Crippen molar-refractivity contribution in [2.75, 3.05) is 0 Å². The minimum absolute atomic E-state index is 1.25. The van der Waals surface area contributed by atoms with E-state index in [0.717, 1.165) is 0 Å². The van der Waals surface area contributed by atoms with Crippen LogP contribution in [0.5, 0.6) is 0 Å². The number of hydrogen-bond acceptors (Lipinski definition) is 2. The predicted molar refractivity (Wildman–Crippen MR) is 100 cm³/mol. The van der Waals surface area contributed by atoms with Gasteiger partial charge in [-0.05, 0) is 0 Å². The zero-order valence-corrected chi connectivity index (χ0v) is 19.1. The molecule has 0 spiro atoms. The molecule has 3 aromatic rings. The molecule has 0 aliphatic heterocycles. The molecule has 0 atom stereocenters. The van der Waals surface area contributed by atoms with E-state index >= 15 is 0 Å². The van der Waals surface area contributed by atoms with E-state index < -0.39 is 20.4 Å². The molecule has 1 heterocycles. The fraction of sp³-hybridized carbons (Fsp3) is 0. The van der Waals surface area contributed by atoms with Gasteiger partial charge in [-0.2, -0.15) is 0 Å². The van der Waals surface area contributed by atoms with Crippen molar-refractivity contribution in [3.8, 4) is 0 Å². The summed E-state index contributed by atoms with van der Waals surface area (Å²) in [5.41, 5.74) is 2.51. The van der Waals surface area contributed by atoms with Gasteiger partial charge in [0.1, 0.15) is 0 Å². The van der Waals surface area contributed by atoms with E-state index in [1.165, 1.54) is 25.4 Å². The summed E-state index contributed by atoms with van der Waals surface area (Å²) in [6.07, 6.45) is 0. The Bertz CT molecular complexity index is 796. The summed E-state index contributed by atoms with van der Waals surface area (Å²) in [6.45, 7) is 0. The van der Waals surface area contributed by atoms with Crippen LogP contribution in [0.4, 0.5) is 0 Å². The molecule has 0 amide bonds. The number of benzene rings is 2. The first-order valence-corrected chi connectivity index (χ1v) is 11.7. The summed E-state index contributed by atoms with van der Waals surface area (Å²) >= 11 is 12.3. The van der Waals surface area contributed by atoms with E-state index in [1.807, 2.05) is 0 Å². The van der Waals surface area contributed by atoms with Gasteiger partial charge in [0.2, 0.25) is 0 Å². The van der Waals surface area contributed by atoms with Crippen LogP contribution in [-0.2, 0) is 0 Å².